The van der Waals surface area contributed by atoms with Gasteiger partial charge in [-0.05, 0) is 53.6 Å². The van der Waals surface area contributed by atoms with Crippen molar-refractivity contribution in [2.24, 2.45) is 5.92 Å². The normalized spacial score (nSPS) is 13.4. The standard InChI is InChI=1S/C25H15N2O.C23H32NSi.Ir/c1-2-9-17(10-3-1)27-22-15-6-5-14-21(22)26-25(27)20-13-8-12-19-18-11-4-7-16-23(18)28-24(19)20;1-17(2)19-10-12-20(13-11-19)22-15-21(14-18-8-6-7-9-18)23(16-24-22)25(3,4)5;/h1-12,14-16H;10-12,15-18H,6-9,14H2,1-5H3;/q2*-1;. The molecule has 1 saturated carbocycles. The molecule has 6 heteroatoms. The number of rotatable bonds is 7. The van der Waals surface area contributed by atoms with Crippen LogP contribution in [0.2, 0.25) is 19.6 Å². The molecule has 3 heterocycles. The molecule has 1 aliphatic carbocycles. The van der Waals surface area contributed by atoms with E-state index in [4.69, 9.17) is 14.4 Å². The second kappa shape index (κ2) is 16.0. The van der Waals surface area contributed by atoms with Crippen molar-refractivity contribution in [2.45, 2.75) is 71.5 Å². The second-order valence-corrected chi connectivity index (χ2v) is 20.8. The van der Waals surface area contributed by atoms with Gasteiger partial charge in [0.25, 0.3) is 0 Å². The molecule has 5 aromatic carbocycles. The number of hydrogen-bond acceptors (Lipinski definition) is 3. The first-order valence-electron chi connectivity index (χ1n) is 19.1. The SMILES string of the molecule is CC(C)c1c[c-]c(-c2cc(CC3CCCC3)c([Si](C)(C)C)cn2)cc1.[Ir].[c-]1ccc2c(oc3ccccc32)c1-c1nc2ccccc2n1-c1ccccc1. The number of imidazole rings is 1. The minimum Gasteiger partial charge on any atom is -0.501 e. The molecule has 3 aromatic heterocycles. The van der Waals surface area contributed by atoms with Crippen LogP contribution in [0.1, 0.15) is 56.6 Å². The zero-order chi connectivity index (χ0) is 36.5. The van der Waals surface area contributed by atoms with Crippen molar-refractivity contribution in [1.29, 1.82) is 0 Å². The van der Waals surface area contributed by atoms with Crippen LogP contribution in [0.25, 0.3) is 61.3 Å². The molecule has 4 nitrogen and oxygen atoms in total. The van der Waals surface area contributed by atoms with E-state index in [-0.39, 0.29) is 20.1 Å². The molecule has 0 N–H and O–H groups in total. The van der Waals surface area contributed by atoms with Crippen LogP contribution in [0.4, 0.5) is 0 Å². The van der Waals surface area contributed by atoms with E-state index in [0.717, 1.165) is 67.2 Å². The Morgan fingerprint density at radius 2 is 1.57 bits per heavy atom. The van der Waals surface area contributed by atoms with Gasteiger partial charge in [-0.1, -0.05) is 136 Å². The van der Waals surface area contributed by atoms with E-state index >= 15 is 0 Å². The number of para-hydroxylation sites is 4. The largest absolute Gasteiger partial charge is 0.501 e. The predicted octanol–water partition coefficient (Wildman–Crippen LogP) is 12.3. The summed E-state index contributed by atoms with van der Waals surface area (Å²) >= 11 is 0. The third-order valence-electron chi connectivity index (χ3n) is 10.7. The van der Waals surface area contributed by atoms with E-state index in [1.165, 1.54) is 37.7 Å². The van der Waals surface area contributed by atoms with Crippen LogP contribution < -0.4 is 5.19 Å². The van der Waals surface area contributed by atoms with Crippen molar-refractivity contribution < 1.29 is 24.5 Å². The van der Waals surface area contributed by atoms with Crippen molar-refractivity contribution >= 4 is 46.2 Å². The van der Waals surface area contributed by atoms with Crippen LogP contribution in [0.3, 0.4) is 0 Å². The summed E-state index contributed by atoms with van der Waals surface area (Å²) in [5.41, 5.74) is 10.7. The third kappa shape index (κ3) is 7.66. The van der Waals surface area contributed by atoms with Crippen molar-refractivity contribution in [3.05, 3.63) is 145 Å². The molecular weight excluding hydrogens is 855 g/mol. The zero-order valence-electron chi connectivity index (χ0n) is 31.8. The molecule has 0 unspecified atom stereocenters. The van der Waals surface area contributed by atoms with Crippen molar-refractivity contribution in [3.63, 3.8) is 0 Å². The Balaban J connectivity index is 0.000000165. The maximum absolute atomic E-state index is 6.24. The summed E-state index contributed by atoms with van der Waals surface area (Å²) < 4.78 is 8.41. The molecule has 1 radical (unpaired) electrons. The van der Waals surface area contributed by atoms with Gasteiger partial charge in [0, 0.05) is 37.4 Å². The van der Waals surface area contributed by atoms with Crippen LogP contribution in [0, 0.1) is 18.1 Å². The number of aromatic nitrogens is 3. The topological polar surface area (TPSA) is 43.9 Å². The number of nitrogens with zero attached hydrogens (tertiary/aromatic N) is 3. The van der Waals surface area contributed by atoms with Gasteiger partial charge in [0.15, 0.2) is 0 Å². The molecule has 54 heavy (non-hydrogen) atoms. The summed E-state index contributed by atoms with van der Waals surface area (Å²) in [7, 11) is -1.37. The summed E-state index contributed by atoms with van der Waals surface area (Å²) in [6.45, 7) is 11.8. The minimum absolute atomic E-state index is 0. The van der Waals surface area contributed by atoms with Gasteiger partial charge in [-0.3, -0.25) is 4.98 Å². The summed E-state index contributed by atoms with van der Waals surface area (Å²) in [5, 5.41) is 3.73. The van der Waals surface area contributed by atoms with E-state index in [1.54, 1.807) is 10.8 Å². The van der Waals surface area contributed by atoms with E-state index in [0.29, 0.717) is 5.92 Å². The molecule has 0 amide bonds. The molecule has 0 saturated heterocycles. The Kier molecular flexibility index (Phi) is 11.2. The van der Waals surface area contributed by atoms with Gasteiger partial charge in [-0.25, -0.2) is 0 Å². The minimum atomic E-state index is -1.37. The third-order valence-corrected chi connectivity index (χ3v) is 12.8. The molecular formula is C48H47IrN3OSi-2. The Labute approximate surface area is 334 Å². The molecule has 9 rings (SSSR count). The van der Waals surface area contributed by atoms with Crippen molar-refractivity contribution in [1.82, 2.24) is 14.5 Å². The number of fused-ring (bicyclic) bond motifs is 4. The smallest absolute Gasteiger partial charge is 0.120 e. The number of pyridine rings is 1. The van der Waals surface area contributed by atoms with Gasteiger partial charge >= 0.3 is 0 Å². The number of hydrogen-bond donors (Lipinski definition) is 0. The van der Waals surface area contributed by atoms with E-state index in [2.05, 4.69) is 111 Å². The first-order chi connectivity index (χ1) is 25.7. The fourth-order valence-electron chi connectivity index (χ4n) is 7.86. The van der Waals surface area contributed by atoms with Crippen LogP contribution in [-0.4, -0.2) is 22.6 Å². The average molecular weight is 902 g/mol. The van der Waals surface area contributed by atoms with E-state index in [9.17, 15) is 0 Å². The average Bonchev–Trinajstić information content (AvgIpc) is 3.93. The van der Waals surface area contributed by atoms with Gasteiger partial charge in [0.2, 0.25) is 0 Å². The number of benzene rings is 5. The molecule has 1 fully saturated rings. The van der Waals surface area contributed by atoms with Gasteiger partial charge in [0.05, 0.1) is 30.5 Å². The van der Waals surface area contributed by atoms with Crippen LogP contribution in [0.5, 0.6) is 0 Å². The van der Waals surface area contributed by atoms with Gasteiger partial charge in [-0.15, -0.1) is 53.6 Å². The zero-order valence-corrected chi connectivity index (χ0v) is 35.2. The fourth-order valence-corrected chi connectivity index (χ4v) is 9.45. The summed E-state index contributed by atoms with van der Waals surface area (Å²) in [4.78, 5) is 9.78. The molecule has 275 valence electrons. The maximum atomic E-state index is 6.24. The molecule has 8 aromatic rings. The van der Waals surface area contributed by atoms with Crippen LogP contribution in [-0.2, 0) is 26.5 Å². The Hall–Kier alpha value is -4.61. The van der Waals surface area contributed by atoms with Gasteiger partial charge in [0.1, 0.15) is 5.58 Å². The molecule has 1 aliphatic rings. The molecule has 0 aliphatic heterocycles. The van der Waals surface area contributed by atoms with E-state index in [1.807, 2.05) is 60.7 Å². The monoisotopic (exact) mass is 902 g/mol. The quantitative estimate of drug-likeness (QED) is 0.118. The Morgan fingerprint density at radius 1 is 0.833 bits per heavy atom. The first kappa shape index (κ1) is 37.7. The van der Waals surface area contributed by atoms with Crippen LogP contribution >= 0.6 is 0 Å². The molecule has 0 bridgehead atoms. The summed E-state index contributed by atoms with van der Waals surface area (Å²) in [5.74, 6) is 2.25. The fraction of sp³-hybridized carbons (Fsp3) is 0.250. The predicted molar refractivity (Wildman–Crippen MR) is 224 cm³/mol. The van der Waals surface area contributed by atoms with Crippen molar-refractivity contribution in [2.75, 3.05) is 0 Å². The summed E-state index contributed by atoms with van der Waals surface area (Å²) in [6.07, 6.45) is 9.04. The summed E-state index contributed by atoms with van der Waals surface area (Å²) in [6, 6.07) is 46.4. The first-order valence-corrected chi connectivity index (χ1v) is 22.6. The van der Waals surface area contributed by atoms with Gasteiger partial charge < -0.3 is 14.0 Å². The second-order valence-electron chi connectivity index (χ2n) is 15.8. The Bertz CT molecular complexity index is 2500. The molecule has 0 atom stereocenters. The van der Waals surface area contributed by atoms with Crippen molar-refractivity contribution in [3.8, 4) is 28.3 Å². The number of furan rings is 1. The molecule has 0 spiro atoms. The van der Waals surface area contributed by atoms with Gasteiger partial charge in [-0.2, -0.15) is 0 Å². The van der Waals surface area contributed by atoms with Crippen LogP contribution in [0.15, 0.2) is 126 Å². The Morgan fingerprint density at radius 3 is 2.31 bits per heavy atom. The van der Waals surface area contributed by atoms with E-state index < -0.39 is 8.07 Å². The maximum Gasteiger partial charge on any atom is 0.120 e.